The van der Waals surface area contributed by atoms with Crippen LogP contribution in [0.3, 0.4) is 0 Å². The van der Waals surface area contributed by atoms with Crippen molar-refractivity contribution < 1.29 is 4.79 Å². The van der Waals surface area contributed by atoms with Crippen LogP contribution in [0.25, 0.3) is 0 Å². The number of carbonyl (C=O) groups excluding carboxylic acids is 1. The normalized spacial score (nSPS) is 10.2. The van der Waals surface area contributed by atoms with E-state index in [9.17, 15) is 4.79 Å². The Morgan fingerprint density at radius 3 is 2.57 bits per heavy atom. The van der Waals surface area contributed by atoms with Crippen molar-refractivity contribution in [2.45, 2.75) is 20.3 Å². The van der Waals surface area contributed by atoms with Crippen molar-refractivity contribution in [3.8, 4) is 0 Å². The average Bonchev–Trinajstić information content (AvgIpc) is 2.44. The van der Waals surface area contributed by atoms with Crippen LogP contribution in [0, 0.1) is 17.4 Å². The predicted octanol–water partition coefficient (Wildman–Crippen LogP) is 4.27. The Morgan fingerprint density at radius 1 is 1.10 bits per heavy atom. The van der Waals surface area contributed by atoms with E-state index < -0.39 is 0 Å². The highest BCUT2D eigenvalue weighted by Crippen LogP contribution is 2.17. The van der Waals surface area contributed by atoms with Gasteiger partial charge in [-0.25, -0.2) is 4.79 Å². The lowest BCUT2D eigenvalue weighted by atomic mass is 10.1. The molecule has 0 heterocycles. The first kappa shape index (κ1) is 15.8. The number of rotatable bonds is 4. The van der Waals surface area contributed by atoms with Crippen LogP contribution in [0.2, 0.25) is 0 Å². The fraction of sp³-hybridized carbons (Fsp3) is 0.235. The summed E-state index contributed by atoms with van der Waals surface area (Å²) in [5, 5.41) is 5.78. The molecule has 3 nitrogen and oxygen atoms in total. The Balaban J connectivity index is 1.84. The van der Waals surface area contributed by atoms with Crippen molar-refractivity contribution in [3.05, 3.63) is 62.7 Å². The largest absolute Gasteiger partial charge is 0.338 e. The maximum atomic E-state index is 11.9. The van der Waals surface area contributed by atoms with Crippen molar-refractivity contribution in [1.29, 1.82) is 0 Å². The number of anilines is 1. The molecule has 110 valence electrons. The van der Waals surface area contributed by atoms with Crippen LogP contribution in [0.1, 0.15) is 16.7 Å². The van der Waals surface area contributed by atoms with Gasteiger partial charge < -0.3 is 10.6 Å². The van der Waals surface area contributed by atoms with E-state index in [1.807, 2.05) is 37.3 Å². The average molecular weight is 394 g/mol. The molecule has 0 saturated heterocycles. The van der Waals surface area contributed by atoms with Gasteiger partial charge >= 0.3 is 6.03 Å². The fourth-order valence-corrected chi connectivity index (χ4v) is 2.78. The molecule has 0 atom stereocenters. The second-order valence-electron chi connectivity index (χ2n) is 5.02. The van der Waals surface area contributed by atoms with Crippen LogP contribution >= 0.6 is 22.6 Å². The molecule has 0 fully saturated rings. The standard InChI is InChI=1S/C17H19IN2O/c1-12-5-3-4-6-14(12)9-10-19-17(21)20-16-8-7-15(18)11-13(16)2/h3-8,11H,9-10H2,1-2H3,(H2,19,20,21). The third-order valence-electron chi connectivity index (χ3n) is 3.38. The molecule has 4 heteroatoms. The molecule has 0 aliphatic rings. The lowest BCUT2D eigenvalue weighted by Gasteiger charge is -2.11. The summed E-state index contributed by atoms with van der Waals surface area (Å²) in [5.74, 6) is 0. The van der Waals surface area contributed by atoms with Crippen LogP contribution in [0.5, 0.6) is 0 Å². The van der Waals surface area contributed by atoms with E-state index >= 15 is 0 Å². The number of urea groups is 1. The van der Waals surface area contributed by atoms with E-state index in [2.05, 4.69) is 52.3 Å². The molecule has 2 amide bonds. The van der Waals surface area contributed by atoms with Crippen molar-refractivity contribution in [1.82, 2.24) is 5.32 Å². The first-order chi connectivity index (χ1) is 10.1. The summed E-state index contributed by atoms with van der Waals surface area (Å²) in [6, 6.07) is 14.0. The Bertz CT molecular complexity index is 640. The summed E-state index contributed by atoms with van der Waals surface area (Å²) in [6.45, 7) is 4.70. The molecule has 0 saturated carbocycles. The summed E-state index contributed by atoms with van der Waals surface area (Å²) < 4.78 is 1.16. The molecular weight excluding hydrogens is 375 g/mol. The first-order valence-corrected chi connectivity index (χ1v) is 7.99. The summed E-state index contributed by atoms with van der Waals surface area (Å²) in [6.07, 6.45) is 0.839. The Kier molecular flexibility index (Phi) is 5.61. The molecule has 2 N–H and O–H groups in total. The number of aryl methyl sites for hydroxylation is 2. The SMILES string of the molecule is Cc1ccccc1CCNC(=O)Nc1ccc(I)cc1C. The van der Waals surface area contributed by atoms with E-state index in [0.29, 0.717) is 6.54 Å². The Morgan fingerprint density at radius 2 is 1.86 bits per heavy atom. The predicted molar refractivity (Wildman–Crippen MR) is 95.8 cm³/mol. The van der Waals surface area contributed by atoms with Gasteiger partial charge in [0.1, 0.15) is 0 Å². The van der Waals surface area contributed by atoms with Gasteiger partial charge in [0.25, 0.3) is 0 Å². The van der Waals surface area contributed by atoms with Crippen LogP contribution in [-0.4, -0.2) is 12.6 Å². The molecule has 2 aromatic carbocycles. The van der Waals surface area contributed by atoms with E-state index in [1.54, 1.807) is 0 Å². The minimum absolute atomic E-state index is 0.159. The van der Waals surface area contributed by atoms with E-state index in [0.717, 1.165) is 21.2 Å². The molecule has 2 aromatic rings. The minimum Gasteiger partial charge on any atom is -0.338 e. The first-order valence-electron chi connectivity index (χ1n) is 6.92. The summed E-state index contributed by atoms with van der Waals surface area (Å²) in [5.41, 5.74) is 4.44. The van der Waals surface area contributed by atoms with Gasteiger partial charge in [-0.2, -0.15) is 0 Å². The maximum Gasteiger partial charge on any atom is 0.319 e. The molecule has 0 aliphatic heterocycles. The smallest absolute Gasteiger partial charge is 0.319 e. The number of hydrogen-bond acceptors (Lipinski definition) is 1. The molecule has 0 spiro atoms. The topological polar surface area (TPSA) is 41.1 Å². The van der Waals surface area contributed by atoms with Crippen molar-refractivity contribution in [3.63, 3.8) is 0 Å². The monoisotopic (exact) mass is 394 g/mol. The quantitative estimate of drug-likeness (QED) is 0.748. The van der Waals surface area contributed by atoms with Crippen LogP contribution < -0.4 is 10.6 Å². The van der Waals surface area contributed by atoms with Crippen LogP contribution in [0.15, 0.2) is 42.5 Å². The van der Waals surface area contributed by atoms with Crippen molar-refractivity contribution in [2.75, 3.05) is 11.9 Å². The number of benzene rings is 2. The highest BCUT2D eigenvalue weighted by atomic mass is 127. The molecule has 0 aromatic heterocycles. The van der Waals surface area contributed by atoms with Gasteiger partial charge in [-0.05, 0) is 77.7 Å². The molecule has 0 radical (unpaired) electrons. The molecule has 2 rings (SSSR count). The highest BCUT2D eigenvalue weighted by Gasteiger charge is 2.04. The third kappa shape index (κ3) is 4.74. The molecular formula is C17H19IN2O. The second kappa shape index (κ2) is 7.45. The van der Waals surface area contributed by atoms with E-state index in [4.69, 9.17) is 0 Å². The van der Waals surface area contributed by atoms with E-state index in [1.165, 1.54) is 11.1 Å². The summed E-state index contributed by atoms with van der Waals surface area (Å²) in [7, 11) is 0. The zero-order valence-corrected chi connectivity index (χ0v) is 14.4. The maximum absolute atomic E-state index is 11.9. The minimum atomic E-state index is -0.159. The van der Waals surface area contributed by atoms with Crippen molar-refractivity contribution >= 4 is 34.3 Å². The molecule has 21 heavy (non-hydrogen) atoms. The Labute approximate surface area is 139 Å². The number of carbonyl (C=O) groups is 1. The fourth-order valence-electron chi connectivity index (χ4n) is 2.14. The number of nitrogens with one attached hydrogen (secondary N) is 2. The number of halogens is 1. The van der Waals surface area contributed by atoms with E-state index in [-0.39, 0.29) is 6.03 Å². The molecule has 0 aliphatic carbocycles. The van der Waals surface area contributed by atoms with Gasteiger partial charge in [-0.15, -0.1) is 0 Å². The van der Waals surface area contributed by atoms with Gasteiger partial charge in [-0.3, -0.25) is 0 Å². The van der Waals surface area contributed by atoms with Crippen molar-refractivity contribution in [2.24, 2.45) is 0 Å². The van der Waals surface area contributed by atoms with Gasteiger partial charge in [0, 0.05) is 15.8 Å². The highest BCUT2D eigenvalue weighted by molar-refractivity contribution is 14.1. The van der Waals surface area contributed by atoms with Gasteiger partial charge in [0.05, 0.1) is 0 Å². The number of amides is 2. The van der Waals surface area contributed by atoms with Gasteiger partial charge in [0.15, 0.2) is 0 Å². The van der Waals surface area contributed by atoms with Gasteiger partial charge in [-0.1, -0.05) is 24.3 Å². The second-order valence-corrected chi connectivity index (χ2v) is 6.26. The zero-order chi connectivity index (χ0) is 15.2. The van der Waals surface area contributed by atoms with Crippen LogP contribution in [0.4, 0.5) is 10.5 Å². The molecule has 0 unspecified atom stereocenters. The number of hydrogen-bond donors (Lipinski definition) is 2. The Hall–Kier alpha value is -1.56. The zero-order valence-electron chi connectivity index (χ0n) is 12.2. The lowest BCUT2D eigenvalue weighted by Crippen LogP contribution is -2.30. The van der Waals surface area contributed by atoms with Gasteiger partial charge in [0.2, 0.25) is 0 Å². The summed E-state index contributed by atoms with van der Waals surface area (Å²) >= 11 is 2.26. The molecule has 0 bridgehead atoms. The lowest BCUT2D eigenvalue weighted by molar-refractivity contribution is 0.252. The summed E-state index contributed by atoms with van der Waals surface area (Å²) in [4.78, 5) is 11.9. The third-order valence-corrected chi connectivity index (χ3v) is 4.05. The van der Waals surface area contributed by atoms with Crippen LogP contribution in [-0.2, 0) is 6.42 Å².